The first-order chi connectivity index (χ1) is 16.4. The largest absolute Gasteiger partial charge is 0.481 e. The molecule has 1 atom stereocenters. The van der Waals surface area contributed by atoms with E-state index in [0.29, 0.717) is 26.2 Å². The highest BCUT2D eigenvalue weighted by atomic mass is 35.5. The number of carbonyl (C=O) groups excluding carboxylic acids is 2. The zero-order chi connectivity index (χ0) is 24.1. The minimum atomic E-state index is -0.807. The summed E-state index contributed by atoms with van der Waals surface area (Å²) in [4.78, 5) is 25.4. The minimum Gasteiger partial charge on any atom is -0.481 e. The summed E-state index contributed by atoms with van der Waals surface area (Å²) in [6, 6.07) is 21.1. The van der Waals surface area contributed by atoms with Crippen LogP contribution < -0.4 is 14.9 Å². The van der Waals surface area contributed by atoms with Crippen LogP contribution in [0, 0.1) is 0 Å². The van der Waals surface area contributed by atoms with Crippen molar-refractivity contribution in [1.29, 1.82) is 0 Å². The predicted molar refractivity (Wildman–Crippen MR) is 136 cm³/mol. The molecule has 34 heavy (non-hydrogen) atoms. The number of para-hydroxylation sites is 1. The Morgan fingerprint density at radius 1 is 1.03 bits per heavy atom. The molecule has 1 N–H and O–H groups in total. The van der Waals surface area contributed by atoms with Crippen molar-refractivity contribution in [2.24, 2.45) is 5.10 Å². The van der Waals surface area contributed by atoms with Crippen LogP contribution in [-0.4, -0.2) is 24.2 Å². The molecule has 6 nitrogen and oxygen atoms in total. The molecule has 1 unspecified atom stereocenters. The monoisotopic (exact) mass is 512 g/mol. The lowest BCUT2D eigenvalue weighted by molar-refractivity contribution is -0.127. The molecule has 3 aromatic carbocycles. The third-order valence-electron chi connectivity index (χ3n) is 4.70. The van der Waals surface area contributed by atoms with Crippen molar-refractivity contribution < 1.29 is 19.1 Å². The Hall–Kier alpha value is -3.39. The van der Waals surface area contributed by atoms with Crippen LogP contribution in [0.2, 0.25) is 10.0 Å². The van der Waals surface area contributed by atoms with Crippen LogP contribution in [0.15, 0.2) is 77.9 Å². The third-order valence-corrected chi connectivity index (χ3v) is 6.59. The normalized spacial score (nSPS) is 12.0. The number of rotatable bonds is 7. The average molecular weight is 513 g/mol. The Labute approximate surface area is 209 Å². The molecule has 0 aliphatic carbocycles. The van der Waals surface area contributed by atoms with Crippen molar-refractivity contribution in [3.8, 4) is 11.5 Å². The van der Waals surface area contributed by atoms with Gasteiger partial charge in [-0.15, -0.1) is 11.3 Å². The summed E-state index contributed by atoms with van der Waals surface area (Å²) in [5.41, 5.74) is 2.91. The number of carbonyl (C=O) groups is 2. The standard InChI is InChI=1S/C25H18Cl2N2O4S/c1-15(32-18-9-6-8-17(26)13-18)24(30)29-28-14-16-7-2-4-11-20(16)33-25(31)23-22(27)19-10-3-5-12-21(19)34-23/h2-15H,1H3,(H,29,30). The smallest absolute Gasteiger partial charge is 0.355 e. The molecule has 1 amide bonds. The number of thiophene rings is 1. The van der Waals surface area contributed by atoms with Crippen molar-refractivity contribution in [2.45, 2.75) is 13.0 Å². The van der Waals surface area contributed by atoms with Crippen LogP contribution in [0.3, 0.4) is 0 Å². The Kier molecular flexibility index (Phi) is 7.47. The van der Waals surface area contributed by atoms with Gasteiger partial charge in [-0.1, -0.05) is 59.6 Å². The van der Waals surface area contributed by atoms with Crippen molar-refractivity contribution in [3.05, 3.63) is 93.3 Å². The fourth-order valence-corrected chi connectivity index (χ4v) is 4.59. The highest BCUT2D eigenvalue weighted by Gasteiger charge is 2.20. The number of ether oxygens (including phenoxy) is 2. The molecule has 0 bridgehead atoms. The second-order valence-electron chi connectivity index (χ2n) is 7.12. The van der Waals surface area contributed by atoms with Gasteiger partial charge in [-0.05, 0) is 43.3 Å². The molecule has 0 saturated heterocycles. The van der Waals surface area contributed by atoms with Crippen LogP contribution in [0.4, 0.5) is 0 Å². The Balaban J connectivity index is 1.42. The van der Waals surface area contributed by atoms with Gasteiger partial charge >= 0.3 is 5.97 Å². The molecule has 172 valence electrons. The molecular formula is C25H18Cl2N2O4S. The van der Waals surface area contributed by atoms with Crippen molar-refractivity contribution in [3.63, 3.8) is 0 Å². The van der Waals surface area contributed by atoms with Gasteiger partial charge in [0.1, 0.15) is 16.4 Å². The number of fused-ring (bicyclic) bond motifs is 1. The summed E-state index contributed by atoms with van der Waals surface area (Å²) < 4.78 is 12.0. The van der Waals surface area contributed by atoms with E-state index in [9.17, 15) is 9.59 Å². The third kappa shape index (κ3) is 5.56. The van der Waals surface area contributed by atoms with E-state index in [-0.39, 0.29) is 5.75 Å². The van der Waals surface area contributed by atoms with E-state index in [1.54, 1.807) is 55.5 Å². The van der Waals surface area contributed by atoms with Gasteiger partial charge in [0.05, 0.1) is 11.2 Å². The maximum atomic E-state index is 12.8. The van der Waals surface area contributed by atoms with Gasteiger partial charge in [-0.3, -0.25) is 4.79 Å². The average Bonchev–Trinajstić information content (AvgIpc) is 3.17. The predicted octanol–water partition coefficient (Wildman–Crippen LogP) is 6.34. The van der Waals surface area contributed by atoms with Gasteiger partial charge < -0.3 is 9.47 Å². The molecule has 0 saturated carbocycles. The van der Waals surface area contributed by atoms with Gasteiger partial charge in [-0.25, -0.2) is 10.2 Å². The fraction of sp³-hybridized carbons (Fsp3) is 0.0800. The molecule has 0 aliphatic rings. The lowest BCUT2D eigenvalue weighted by atomic mass is 10.2. The van der Waals surface area contributed by atoms with E-state index in [2.05, 4.69) is 10.5 Å². The Bertz CT molecular complexity index is 1390. The SMILES string of the molecule is CC(Oc1cccc(Cl)c1)C(=O)NN=Cc1ccccc1OC(=O)c1sc2ccccc2c1Cl. The van der Waals surface area contributed by atoms with Gasteiger partial charge in [0, 0.05) is 20.7 Å². The summed E-state index contributed by atoms with van der Waals surface area (Å²) >= 11 is 13.6. The van der Waals surface area contributed by atoms with Crippen molar-refractivity contribution >= 4 is 62.7 Å². The van der Waals surface area contributed by atoms with E-state index >= 15 is 0 Å². The first-order valence-corrected chi connectivity index (χ1v) is 11.7. The zero-order valence-corrected chi connectivity index (χ0v) is 20.2. The topological polar surface area (TPSA) is 77.0 Å². The molecule has 0 spiro atoms. The zero-order valence-electron chi connectivity index (χ0n) is 17.8. The van der Waals surface area contributed by atoms with Gasteiger partial charge in [-0.2, -0.15) is 5.10 Å². The van der Waals surface area contributed by atoms with Gasteiger partial charge in [0.25, 0.3) is 5.91 Å². The quantitative estimate of drug-likeness (QED) is 0.135. The molecule has 4 aromatic rings. The van der Waals surface area contributed by atoms with Crippen molar-refractivity contribution in [1.82, 2.24) is 5.43 Å². The molecule has 9 heteroatoms. The van der Waals surface area contributed by atoms with Crippen LogP contribution in [0.5, 0.6) is 11.5 Å². The number of amides is 1. The summed E-state index contributed by atoms with van der Waals surface area (Å²) in [6.45, 7) is 1.59. The number of hydrogen-bond donors (Lipinski definition) is 1. The Morgan fingerprint density at radius 2 is 1.79 bits per heavy atom. The number of nitrogens with one attached hydrogen (secondary N) is 1. The van der Waals surface area contributed by atoms with Gasteiger partial charge in [0.15, 0.2) is 6.10 Å². The van der Waals surface area contributed by atoms with E-state index in [0.717, 1.165) is 10.1 Å². The highest BCUT2D eigenvalue weighted by molar-refractivity contribution is 7.21. The lowest BCUT2D eigenvalue weighted by Gasteiger charge is -2.13. The number of benzene rings is 3. The summed E-state index contributed by atoms with van der Waals surface area (Å²) in [6.07, 6.45) is 0.581. The summed E-state index contributed by atoms with van der Waals surface area (Å²) in [5, 5.41) is 5.63. The fourth-order valence-electron chi connectivity index (χ4n) is 3.03. The number of hydrazone groups is 1. The molecule has 0 fully saturated rings. The summed E-state index contributed by atoms with van der Waals surface area (Å²) in [5.74, 6) is -0.277. The maximum Gasteiger partial charge on any atom is 0.355 e. The van der Waals surface area contributed by atoms with Crippen LogP contribution in [0.1, 0.15) is 22.2 Å². The number of esters is 1. The van der Waals surface area contributed by atoms with E-state index < -0.39 is 18.0 Å². The van der Waals surface area contributed by atoms with E-state index in [1.807, 2.05) is 24.3 Å². The lowest BCUT2D eigenvalue weighted by Crippen LogP contribution is -2.33. The van der Waals surface area contributed by atoms with Gasteiger partial charge in [0.2, 0.25) is 0 Å². The number of nitrogens with zero attached hydrogens (tertiary/aromatic N) is 1. The maximum absolute atomic E-state index is 12.8. The van der Waals surface area contributed by atoms with Crippen molar-refractivity contribution in [2.75, 3.05) is 0 Å². The van der Waals surface area contributed by atoms with Crippen LogP contribution >= 0.6 is 34.5 Å². The van der Waals surface area contributed by atoms with Crippen LogP contribution in [0.25, 0.3) is 10.1 Å². The first-order valence-electron chi connectivity index (χ1n) is 10.2. The molecule has 1 heterocycles. The van der Waals surface area contributed by atoms with E-state index in [1.165, 1.54) is 17.6 Å². The first kappa shape index (κ1) is 23.8. The second kappa shape index (κ2) is 10.7. The molecule has 4 rings (SSSR count). The number of hydrogen-bond acceptors (Lipinski definition) is 6. The molecular weight excluding hydrogens is 495 g/mol. The van der Waals surface area contributed by atoms with E-state index in [4.69, 9.17) is 32.7 Å². The molecule has 1 aromatic heterocycles. The Morgan fingerprint density at radius 3 is 2.59 bits per heavy atom. The van der Waals surface area contributed by atoms with Crippen LogP contribution in [-0.2, 0) is 4.79 Å². The second-order valence-corrected chi connectivity index (χ2v) is 8.99. The highest BCUT2D eigenvalue weighted by Crippen LogP contribution is 2.36. The molecule has 0 aliphatic heterocycles. The molecule has 0 radical (unpaired) electrons. The number of halogens is 2. The minimum absolute atomic E-state index is 0.280. The summed E-state index contributed by atoms with van der Waals surface area (Å²) in [7, 11) is 0.